The Morgan fingerprint density at radius 1 is 1.21 bits per heavy atom. The van der Waals surface area contributed by atoms with Gasteiger partial charge in [0, 0.05) is 34.1 Å². The smallest absolute Gasteiger partial charge is 0.255 e. The summed E-state index contributed by atoms with van der Waals surface area (Å²) in [5, 5.41) is 0. The lowest BCUT2D eigenvalue weighted by Gasteiger charge is -2.42. The molecule has 2 atom stereocenters. The third-order valence-electron chi connectivity index (χ3n) is 3.81. The third kappa shape index (κ3) is 3.20. The fourth-order valence-corrected chi connectivity index (χ4v) is 3.18. The normalized spacial score (nSPS) is 24.6. The number of carbonyl (C=O) groups is 1. The Balaban J connectivity index is 2.22. The summed E-state index contributed by atoms with van der Waals surface area (Å²) in [4.78, 5) is 16.9. The minimum absolute atomic E-state index is 0.0972. The average Bonchev–Trinajstić information content (AvgIpc) is 2.37. The molecular weight excluding hydrogens is 372 g/mol. The second-order valence-electron chi connectivity index (χ2n) is 5.20. The molecule has 1 saturated heterocycles. The Labute approximate surface area is 131 Å². The van der Waals surface area contributed by atoms with Gasteiger partial charge in [-0.2, -0.15) is 0 Å². The summed E-state index contributed by atoms with van der Waals surface area (Å²) < 4.78 is 1.77. The number of carbonyl (C=O) groups excluding carboxylic acids is 1. The van der Waals surface area contributed by atoms with Gasteiger partial charge in [0.2, 0.25) is 0 Å². The predicted molar refractivity (Wildman–Crippen MR) is 84.4 cm³/mol. The fraction of sp³-hybridized carbons (Fsp3) is 0.500. The molecule has 2 unspecified atom stereocenters. The van der Waals surface area contributed by atoms with E-state index in [2.05, 4.69) is 57.7 Å². The van der Waals surface area contributed by atoms with Crippen molar-refractivity contribution in [3.63, 3.8) is 0 Å². The molecule has 3 nitrogen and oxygen atoms in total. The van der Waals surface area contributed by atoms with Crippen LogP contribution in [0.4, 0.5) is 0 Å². The first kappa shape index (κ1) is 15.0. The molecule has 1 fully saturated rings. The van der Waals surface area contributed by atoms with Gasteiger partial charge < -0.3 is 4.90 Å². The Morgan fingerprint density at radius 2 is 1.79 bits per heavy atom. The molecule has 104 valence electrons. The molecule has 1 aliphatic heterocycles. The van der Waals surface area contributed by atoms with Gasteiger partial charge >= 0.3 is 0 Å². The molecule has 5 heteroatoms. The zero-order valence-electron chi connectivity index (χ0n) is 11.4. The van der Waals surface area contributed by atoms with Gasteiger partial charge in [0.1, 0.15) is 0 Å². The monoisotopic (exact) mass is 388 g/mol. The highest BCUT2D eigenvalue weighted by molar-refractivity contribution is 9.11. The van der Waals surface area contributed by atoms with E-state index in [1.54, 1.807) is 0 Å². The fourth-order valence-electron chi connectivity index (χ4n) is 2.40. The van der Waals surface area contributed by atoms with E-state index in [0.717, 1.165) is 27.6 Å². The minimum atomic E-state index is 0.0972. The van der Waals surface area contributed by atoms with Crippen LogP contribution in [0.1, 0.15) is 24.2 Å². The summed E-state index contributed by atoms with van der Waals surface area (Å²) in [6.45, 7) is 5.87. The molecule has 0 radical (unpaired) electrons. The van der Waals surface area contributed by atoms with Crippen molar-refractivity contribution in [1.29, 1.82) is 0 Å². The van der Waals surface area contributed by atoms with E-state index < -0.39 is 0 Å². The molecule has 2 rings (SSSR count). The van der Waals surface area contributed by atoms with E-state index in [0.29, 0.717) is 12.1 Å². The SMILES string of the molecule is CC1CN(C(=O)c2cc(Br)ccc2Br)CC(C)N1C. The largest absolute Gasteiger partial charge is 0.335 e. The van der Waals surface area contributed by atoms with E-state index in [-0.39, 0.29) is 5.91 Å². The quantitative estimate of drug-likeness (QED) is 0.735. The van der Waals surface area contributed by atoms with Crippen LogP contribution in [0.5, 0.6) is 0 Å². The summed E-state index contributed by atoms with van der Waals surface area (Å²) in [6, 6.07) is 6.48. The zero-order chi connectivity index (χ0) is 14.2. The van der Waals surface area contributed by atoms with Crippen molar-refractivity contribution in [1.82, 2.24) is 9.80 Å². The molecule has 19 heavy (non-hydrogen) atoms. The first-order valence-electron chi connectivity index (χ1n) is 6.36. The lowest BCUT2D eigenvalue weighted by atomic mass is 10.1. The predicted octanol–water partition coefficient (Wildman–Crippen LogP) is 3.38. The second kappa shape index (κ2) is 5.94. The van der Waals surface area contributed by atoms with Crippen molar-refractivity contribution in [3.05, 3.63) is 32.7 Å². The van der Waals surface area contributed by atoms with Gasteiger partial charge in [-0.1, -0.05) is 15.9 Å². The van der Waals surface area contributed by atoms with Crippen LogP contribution in [0, 0.1) is 0 Å². The van der Waals surface area contributed by atoms with Crippen molar-refractivity contribution in [3.8, 4) is 0 Å². The van der Waals surface area contributed by atoms with E-state index in [1.165, 1.54) is 0 Å². The number of benzene rings is 1. The lowest BCUT2D eigenvalue weighted by molar-refractivity contribution is 0.0413. The molecule has 1 amide bonds. The number of amides is 1. The first-order valence-corrected chi connectivity index (χ1v) is 7.95. The van der Waals surface area contributed by atoms with Gasteiger partial charge in [0.05, 0.1) is 5.56 Å². The van der Waals surface area contributed by atoms with Crippen LogP contribution in [0.3, 0.4) is 0 Å². The molecule has 0 saturated carbocycles. The van der Waals surface area contributed by atoms with E-state index in [4.69, 9.17) is 0 Å². The highest BCUT2D eigenvalue weighted by Crippen LogP contribution is 2.24. The van der Waals surface area contributed by atoms with Crippen LogP contribution < -0.4 is 0 Å². The molecule has 0 bridgehead atoms. The minimum Gasteiger partial charge on any atom is -0.335 e. The van der Waals surface area contributed by atoms with Gasteiger partial charge in [-0.3, -0.25) is 9.69 Å². The van der Waals surface area contributed by atoms with Crippen LogP contribution in [0.15, 0.2) is 27.1 Å². The number of piperazine rings is 1. The number of halogens is 2. The number of hydrogen-bond acceptors (Lipinski definition) is 2. The molecule has 1 aromatic rings. The van der Waals surface area contributed by atoms with E-state index >= 15 is 0 Å². The number of likely N-dealkylation sites (N-methyl/N-ethyl adjacent to an activating group) is 1. The highest BCUT2D eigenvalue weighted by atomic mass is 79.9. The molecule has 0 N–H and O–H groups in total. The van der Waals surface area contributed by atoms with Crippen LogP contribution in [-0.2, 0) is 0 Å². The Morgan fingerprint density at radius 3 is 2.37 bits per heavy atom. The summed E-state index contributed by atoms with van der Waals surface area (Å²) in [5.41, 5.74) is 0.721. The highest BCUT2D eigenvalue weighted by Gasteiger charge is 2.30. The van der Waals surface area contributed by atoms with Gasteiger partial charge in [0.25, 0.3) is 5.91 Å². The maximum absolute atomic E-state index is 12.6. The summed E-state index contributed by atoms with van der Waals surface area (Å²) in [7, 11) is 2.12. The van der Waals surface area contributed by atoms with Crippen molar-refractivity contribution in [2.24, 2.45) is 0 Å². The summed E-state index contributed by atoms with van der Waals surface area (Å²) >= 11 is 6.88. The van der Waals surface area contributed by atoms with Crippen LogP contribution in [0.2, 0.25) is 0 Å². The van der Waals surface area contributed by atoms with Crippen LogP contribution in [0.25, 0.3) is 0 Å². The van der Waals surface area contributed by atoms with Gasteiger partial charge in [-0.25, -0.2) is 0 Å². The molecule has 1 aromatic carbocycles. The number of rotatable bonds is 1. The maximum atomic E-state index is 12.6. The third-order valence-corrected chi connectivity index (χ3v) is 4.99. The standard InChI is InChI=1S/C14H18Br2N2O/c1-9-7-18(8-10(2)17(9)3)14(19)12-6-11(15)4-5-13(12)16/h4-6,9-10H,7-8H2,1-3H3. The number of hydrogen-bond donors (Lipinski definition) is 0. The first-order chi connectivity index (χ1) is 8.90. The van der Waals surface area contributed by atoms with Gasteiger partial charge in [-0.05, 0) is 55.0 Å². The molecular formula is C14H18Br2N2O. The Kier molecular flexibility index (Phi) is 4.69. The second-order valence-corrected chi connectivity index (χ2v) is 6.97. The number of nitrogens with zero attached hydrogens (tertiary/aromatic N) is 2. The van der Waals surface area contributed by atoms with Gasteiger partial charge in [0.15, 0.2) is 0 Å². The molecule has 0 aliphatic carbocycles. The Hall–Kier alpha value is -0.390. The van der Waals surface area contributed by atoms with Crippen molar-refractivity contribution < 1.29 is 4.79 Å². The topological polar surface area (TPSA) is 23.6 Å². The lowest BCUT2D eigenvalue weighted by Crippen LogP contribution is -2.56. The van der Waals surface area contributed by atoms with E-state index in [1.807, 2.05) is 23.1 Å². The van der Waals surface area contributed by atoms with Gasteiger partial charge in [-0.15, -0.1) is 0 Å². The maximum Gasteiger partial charge on any atom is 0.255 e. The molecule has 0 aromatic heterocycles. The van der Waals surface area contributed by atoms with Crippen molar-refractivity contribution in [2.45, 2.75) is 25.9 Å². The van der Waals surface area contributed by atoms with Crippen LogP contribution >= 0.6 is 31.9 Å². The molecule has 1 heterocycles. The van der Waals surface area contributed by atoms with Crippen molar-refractivity contribution in [2.75, 3.05) is 20.1 Å². The summed E-state index contributed by atoms with van der Waals surface area (Å²) in [5.74, 6) is 0.0972. The Bertz CT molecular complexity index is 480. The van der Waals surface area contributed by atoms with Crippen molar-refractivity contribution >= 4 is 37.8 Å². The zero-order valence-corrected chi connectivity index (χ0v) is 14.5. The molecule has 1 aliphatic rings. The summed E-state index contributed by atoms with van der Waals surface area (Å²) in [6.07, 6.45) is 0. The molecule has 0 spiro atoms. The van der Waals surface area contributed by atoms with E-state index in [9.17, 15) is 4.79 Å². The average molecular weight is 390 g/mol. The van der Waals surface area contributed by atoms with Crippen LogP contribution in [-0.4, -0.2) is 47.9 Å².